The number of anilines is 1. The Hall–Kier alpha value is -1.88. The Labute approximate surface area is 209 Å². The number of aryl methyl sites for hydroxylation is 2. The Morgan fingerprint density at radius 3 is 2.62 bits per heavy atom. The van der Waals surface area contributed by atoms with E-state index in [1.807, 2.05) is 0 Å². The summed E-state index contributed by atoms with van der Waals surface area (Å²) in [6.07, 6.45) is 3.77. The summed E-state index contributed by atoms with van der Waals surface area (Å²) in [6, 6.07) is 8.82. The van der Waals surface area contributed by atoms with E-state index >= 15 is 0 Å². The largest absolute Gasteiger partial charge is 0.369 e. The Morgan fingerprint density at radius 2 is 1.91 bits per heavy atom. The summed E-state index contributed by atoms with van der Waals surface area (Å²) in [4.78, 5) is 9.80. The normalized spacial score (nSPS) is 14.8. The molecule has 3 rings (SSSR count). The van der Waals surface area contributed by atoms with Gasteiger partial charge >= 0.3 is 0 Å². The molecule has 1 fully saturated rings. The number of aliphatic imine (C=N–C) groups is 1. The van der Waals surface area contributed by atoms with Gasteiger partial charge in [0, 0.05) is 71.0 Å². The lowest BCUT2D eigenvalue weighted by atomic mass is 10.2. The topological polar surface area (TPSA) is 73.6 Å². The second kappa shape index (κ2) is 14.3. The van der Waals surface area contributed by atoms with Crippen molar-refractivity contribution in [3.63, 3.8) is 0 Å². The molecule has 1 aliphatic heterocycles. The van der Waals surface area contributed by atoms with Crippen LogP contribution in [0.3, 0.4) is 0 Å². The van der Waals surface area contributed by atoms with Crippen molar-refractivity contribution < 1.29 is 0 Å². The standard InChI is InChI=1S/C23H38N8.HI/c1-4-22-28-27-19-31(22)13-11-26-23(24-5-2)25-10-7-12-29-14-16-30(17-15-29)21-9-6-8-20(3)18-21;/h6,8-9,18-19H,4-5,7,10-17H2,1-3H3,(H2,24,25,26);1H. The average molecular weight is 555 g/mol. The fourth-order valence-corrected chi connectivity index (χ4v) is 3.92. The summed E-state index contributed by atoms with van der Waals surface area (Å²) in [7, 11) is 0. The highest BCUT2D eigenvalue weighted by molar-refractivity contribution is 14.0. The van der Waals surface area contributed by atoms with Gasteiger partial charge in [-0.2, -0.15) is 0 Å². The van der Waals surface area contributed by atoms with Crippen molar-refractivity contribution in [2.45, 2.75) is 40.2 Å². The molecule has 0 spiro atoms. The van der Waals surface area contributed by atoms with Crippen molar-refractivity contribution in [3.8, 4) is 0 Å². The molecule has 0 atom stereocenters. The number of piperazine rings is 1. The molecule has 8 nitrogen and oxygen atoms in total. The molecule has 2 aromatic rings. The van der Waals surface area contributed by atoms with Crippen molar-refractivity contribution in [2.24, 2.45) is 4.99 Å². The van der Waals surface area contributed by atoms with Crippen LogP contribution < -0.4 is 15.5 Å². The van der Waals surface area contributed by atoms with E-state index in [4.69, 9.17) is 4.99 Å². The number of benzene rings is 1. The molecule has 0 unspecified atom stereocenters. The predicted octanol–water partition coefficient (Wildman–Crippen LogP) is 2.53. The van der Waals surface area contributed by atoms with Crippen LogP contribution in [0.15, 0.2) is 35.6 Å². The molecule has 0 bridgehead atoms. The molecular formula is C23H39IN8. The molecule has 9 heteroatoms. The lowest BCUT2D eigenvalue weighted by Crippen LogP contribution is -2.46. The van der Waals surface area contributed by atoms with Crippen LogP contribution in [0.2, 0.25) is 0 Å². The zero-order valence-corrected chi connectivity index (χ0v) is 22.1. The highest BCUT2D eigenvalue weighted by Gasteiger charge is 2.16. The van der Waals surface area contributed by atoms with Crippen LogP contribution in [-0.4, -0.2) is 78.0 Å². The van der Waals surface area contributed by atoms with Crippen LogP contribution in [0.4, 0.5) is 5.69 Å². The second-order valence-corrected chi connectivity index (χ2v) is 8.00. The minimum absolute atomic E-state index is 0. The molecular weight excluding hydrogens is 515 g/mol. The molecule has 0 radical (unpaired) electrons. The zero-order chi connectivity index (χ0) is 21.9. The quantitative estimate of drug-likeness (QED) is 0.204. The van der Waals surface area contributed by atoms with E-state index < -0.39 is 0 Å². The average Bonchev–Trinajstić information content (AvgIpc) is 3.24. The lowest BCUT2D eigenvalue weighted by molar-refractivity contribution is 0.256. The third-order valence-electron chi connectivity index (χ3n) is 5.64. The SMILES string of the molecule is CCNC(=NCCCN1CCN(c2cccc(C)c2)CC1)NCCn1cnnc1CC.I. The van der Waals surface area contributed by atoms with Gasteiger partial charge in [-0.15, -0.1) is 34.2 Å². The smallest absolute Gasteiger partial charge is 0.191 e. The van der Waals surface area contributed by atoms with Crippen LogP contribution in [-0.2, 0) is 13.0 Å². The molecule has 0 amide bonds. The lowest BCUT2D eigenvalue weighted by Gasteiger charge is -2.36. The van der Waals surface area contributed by atoms with Crippen molar-refractivity contribution in [3.05, 3.63) is 42.0 Å². The van der Waals surface area contributed by atoms with E-state index in [2.05, 4.69) is 80.2 Å². The summed E-state index contributed by atoms with van der Waals surface area (Å²) < 4.78 is 2.09. The summed E-state index contributed by atoms with van der Waals surface area (Å²) in [5.74, 6) is 1.91. The number of hydrogen-bond acceptors (Lipinski definition) is 5. The molecule has 2 N–H and O–H groups in total. The van der Waals surface area contributed by atoms with Crippen molar-refractivity contribution in [2.75, 3.05) is 57.3 Å². The Bertz CT molecular complexity index is 814. The fraction of sp³-hybridized carbons (Fsp3) is 0.609. The first-order chi connectivity index (χ1) is 15.2. The van der Waals surface area contributed by atoms with E-state index in [0.717, 1.165) is 83.5 Å². The van der Waals surface area contributed by atoms with E-state index in [1.54, 1.807) is 6.33 Å². The van der Waals surface area contributed by atoms with Gasteiger partial charge in [0.25, 0.3) is 0 Å². The van der Waals surface area contributed by atoms with Gasteiger partial charge in [0.1, 0.15) is 12.2 Å². The van der Waals surface area contributed by atoms with Gasteiger partial charge in [0.05, 0.1) is 0 Å². The van der Waals surface area contributed by atoms with Crippen LogP contribution in [0.25, 0.3) is 0 Å². The monoisotopic (exact) mass is 554 g/mol. The molecule has 0 saturated carbocycles. The summed E-state index contributed by atoms with van der Waals surface area (Å²) >= 11 is 0. The summed E-state index contributed by atoms with van der Waals surface area (Å²) in [5.41, 5.74) is 2.68. The third-order valence-corrected chi connectivity index (χ3v) is 5.64. The molecule has 1 saturated heterocycles. The molecule has 178 valence electrons. The molecule has 1 aromatic carbocycles. The predicted molar refractivity (Wildman–Crippen MR) is 143 cm³/mol. The molecule has 1 aliphatic rings. The number of nitrogens with zero attached hydrogens (tertiary/aromatic N) is 6. The zero-order valence-electron chi connectivity index (χ0n) is 19.8. The van der Waals surface area contributed by atoms with Crippen molar-refractivity contribution in [1.82, 2.24) is 30.3 Å². The van der Waals surface area contributed by atoms with Crippen molar-refractivity contribution >= 4 is 35.6 Å². The number of halogens is 1. The van der Waals surface area contributed by atoms with Gasteiger partial charge in [0.15, 0.2) is 5.96 Å². The van der Waals surface area contributed by atoms with Crippen LogP contribution >= 0.6 is 24.0 Å². The molecule has 32 heavy (non-hydrogen) atoms. The minimum atomic E-state index is 0. The van der Waals surface area contributed by atoms with E-state index in [9.17, 15) is 0 Å². The van der Waals surface area contributed by atoms with E-state index in [1.165, 1.54) is 11.3 Å². The second-order valence-electron chi connectivity index (χ2n) is 8.00. The van der Waals surface area contributed by atoms with Gasteiger partial charge < -0.3 is 20.1 Å². The van der Waals surface area contributed by atoms with Crippen LogP contribution in [0, 0.1) is 6.92 Å². The summed E-state index contributed by atoms with van der Waals surface area (Å²) in [6.45, 7) is 15.2. The number of hydrogen-bond donors (Lipinski definition) is 2. The molecule has 1 aromatic heterocycles. The van der Waals surface area contributed by atoms with Crippen LogP contribution in [0.5, 0.6) is 0 Å². The van der Waals surface area contributed by atoms with E-state index in [0.29, 0.717) is 0 Å². The van der Waals surface area contributed by atoms with Gasteiger partial charge in [0.2, 0.25) is 0 Å². The van der Waals surface area contributed by atoms with Gasteiger partial charge in [-0.1, -0.05) is 19.1 Å². The fourth-order valence-electron chi connectivity index (χ4n) is 3.92. The number of aromatic nitrogens is 3. The maximum absolute atomic E-state index is 4.75. The Morgan fingerprint density at radius 1 is 1.09 bits per heavy atom. The molecule has 0 aliphatic carbocycles. The van der Waals surface area contributed by atoms with E-state index in [-0.39, 0.29) is 24.0 Å². The maximum atomic E-state index is 4.75. The van der Waals surface area contributed by atoms with Crippen molar-refractivity contribution in [1.29, 1.82) is 0 Å². The Balaban J connectivity index is 0.00000363. The maximum Gasteiger partial charge on any atom is 0.191 e. The number of nitrogens with one attached hydrogen (secondary N) is 2. The van der Waals surface area contributed by atoms with Gasteiger partial charge in [-0.3, -0.25) is 9.89 Å². The van der Waals surface area contributed by atoms with Gasteiger partial charge in [-0.05, 0) is 38.0 Å². The molecule has 2 heterocycles. The Kier molecular flexibility index (Phi) is 11.8. The van der Waals surface area contributed by atoms with Crippen LogP contribution in [0.1, 0.15) is 31.7 Å². The number of guanidine groups is 1. The highest BCUT2D eigenvalue weighted by atomic mass is 127. The first-order valence-electron chi connectivity index (χ1n) is 11.6. The summed E-state index contributed by atoms with van der Waals surface area (Å²) in [5, 5.41) is 14.9. The first kappa shape index (κ1) is 26.4. The third kappa shape index (κ3) is 8.23. The first-order valence-corrected chi connectivity index (χ1v) is 11.6. The number of rotatable bonds is 10. The highest BCUT2D eigenvalue weighted by Crippen LogP contribution is 2.17. The van der Waals surface area contributed by atoms with Gasteiger partial charge in [-0.25, -0.2) is 0 Å². The minimum Gasteiger partial charge on any atom is -0.369 e.